The average molecular weight is 219 g/mol. The van der Waals surface area contributed by atoms with Crippen molar-refractivity contribution in [2.45, 2.75) is 32.0 Å². The fourth-order valence-corrected chi connectivity index (χ4v) is 2.39. The Hall–Kier alpha value is -1.22. The van der Waals surface area contributed by atoms with Crippen molar-refractivity contribution in [1.29, 1.82) is 0 Å². The molecule has 1 aromatic rings. The van der Waals surface area contributed by atoms with Crippen LogP contribution >= 0.6 is 0 Å². The summed E-state index contributed by atoms with van der Waals surface area (Å²) in [4.78, 5) is 0. The number of hydrogen-bond acceptors (Lipinski definition) is 3. The highest BCUT2D eigenvalue weighted by Crippen LogP contribution is 2.32. The molecule has 0 bridgehead atoms. The van der Waals surface area contributed by atoms with Crippen molar-refractivity contribution in [1.82, 2.24) is 5.32 Å². The standard InChI is InChI=1S/C13H17NO2/c1-9-6-10-7-11(2-3-13(10)15-9)16-12-4-5-14-8-12/h2-3,7,9,12,14H,4-6,8H2,1H3. The van der Waals surface area contributed by atoms with Gasteiger partial charge in [0, 0.05) is 18.5 Å². The van der Waals surface area contributed by atoms with Gasteiger partial charge in [0.15, 0.2) is 0 Å². The lowest BCUT2D eigenvalue weighted by atomic mass is 10.1. The zero-order valence-electron chi connectivity index (χ0n) is 9.53. The summed E-state index contributed by atoms with van der Waals surface area (Å²) >= 11 is 0. The molecule has 2 aliphatic rings. The Balaban J connectivity index is 1.74. The number of rotatable bonds is 2. The molecule has 86 valence electrons. The lowest BCUT2D eigenvalue weighted by Gasteiger charge is -2.12. The molecule has 1 N–H and O–H groups in total. The Morgan fingerprint density at radius 3 is 3.19 bits per heavy atom. The van der Waals surface area contributed by atoms with E-state index >= 15 is 0 Å². The van der Waals surface area contributed by atoms with E-state index in [0.29, 0.717) is 12.2 Å². The predicted molar refractivity (Wildman–Crippen MR) is 62.1 cm³/mol. The number of benzene rings is 1. The predicted octanol–water partition coefficient (Wildman–Crippen LogP) is 1.75. The van der Waals surface area contributed by atoms with Gasteiger partial charge in [-0.3, -0.25) is 0 Å². The third-order valence-electron chi connectivity index (χ3n) is 3.19. The second-order valence-corrected chi connectivity index (χ2v) is 4.63. The summed E-state index contributed by atoms with van der Waals surface area (Å²) in [7, 11) is 0. The highest BCUT2D eigenvalue weighted by Gasteiger charge is 2.21. The number of nitrogens with one attached hydrogen (secondary N) is 1. The van der Waals surface area contributed by atoms with Crippen molar-refractivity contribution in [2.24, 2.45) is 0 Å². The molecular formula is C13H17NO2. The third-order valence-corrected chi connectivity index (χ3v) is 3.19. The first-order chi connectivity index (χ1) is 7.81. The highest BCUT2D eigenvalue weighted by atomic mass is 16.5. The first-order valence-electron chi connectivity index (χ1n) is 5.98. The Bertz CT molecular complexity index is 386. The summed E-state index contributed by atoms with van der Waals surface area (Å²) in [5.41, 5.74) is 1.27. The third kappa shape index (κ3) is 1.87. The van der Waals surface area contributed by atoms with Crippen molar-refractivity contribution in [2.75, 3.05) is 13.1 Å². The average Bonchev–Trinajstić information content (AvgIpc) is 2.85. The van der Waals surface area contributed by atoms with Crippen LogP contribution in [0.15, 0.2) is 18.2 Å². The van der Waals surface area contributed by atoms with Gasteiger partial charge in [0.05, 0.1) is 0 Å². The summed E-state index contributed by atoms with van der Waals surface area (Å²) in [6, 6.07) is 6.16. The molecule has 0 radical (unpaired) electrons. The molecule has 2 heterocycles. The van der Waals surface area contributed by atoms with E-state index in [0.717, 1.165) is 37.4 Å². The van der Waals surface area contributed by atoms with E-state index in [9.17, 15) is 0 Å². The van der Waals surface area contributed by atoms with Gasteiger partial charge in [-0.1, -0.05) is 0 Å². The van der Waals surface area contributed by atoms with Crippen LogP contribution in [0.4, 0.5) is 0 Å². The van der Waals surface area contributed by atoms with Crippen LogP contribution in [0.1, 0.15) is 18.9 Å². The van der Waals surface area contributed by atoms with Gasteiger partial charge in [0.1, 0.15) is 23.7 Å². The van der Waals surface area contributed by atoms with Crippen LogP contribution in [0, 0.1) is 0 Å². The SMILES string of the molecule is CC1Cc2cc(OC3CCNC3)ccc2O1. The number of fused-ring (bicyclic) bond motifs is 1. The van der Waals surface area contributed by atoms with Gasteiger partial charge < -0.3 is 14.8 Å². The van der Waals surface area contributed by atoms with Crippen molar-refractivity contribution < 1.29 is 9.47 Å². The summed E-state index contributed by atoms with van der Waals surface area (Å²) < 4.78 is 11.6. The van der Waals surface area contributed by atoms with E-state index in [4.69, 9.17) is 9.47 Å². The van der Waals surface area contributed by atoms with E-state index < -0.39 is 0 Å². The quantitative estimate of drug-likeness (QED) is 0.822. The summed E-state index contributed by atoms with van der Waals surface area (Å²) in [5, 5.41) is 3.30. The van der Waals surface area contributed by atoms with E-state index in [1.165, 1.54) is 5.56 Å². The molecule has 1 saturated heterocycles. The van der Waals surface area contributed by atoms with Crippen LogP contribution in [0.2, 0.25) is 0 Å². The fraction of sp³-hybridized carbons (Fsp3) is 0.538. The van der Waals surface area contributed by atoms with Crippen molar-refractivity contribution >= 4 is 0 Å². The van der Waals surface area contributed by atoms with Crippen LogP contribution in [0.3, 0.4) is 0 Å². The van der Waals surface area contributed by atoms with Crippen molar-refractivity contribution in [3.8, 4) is 11.5 Å². The molecule has 1 fully saturated rings. The molecule has 3 rings (SSSR count). The fourth-order valence-electron chi connectivity index (χ4n) is 2.39. The Morgan fingerprint density at radius 2 is 2.38 bits per heavy atom. The van der Waals surface area contributed by atoms with Crippen molar-refractivity contribution in [3.63, 3.8) is 0 Å². The van der Waals surface area contributed by atoms with Gasteiger partial charge in [-0.25, -0.2) is 0 Å². The van der Waals surface area contributed by atoms with Gasteiger partial charge >= 0.3 is 0 Å². The van der Waals surface area contributed by atoms with E-state index in [-0.39, 0.29) is 0 Å². The maximum absolute atomic E-state index is 5.92. The van der Waals surface area contributed by atoms with Crippen LogP contribution in [-0.2, 0) is 6.42 Å². The molecule has 0 aromatic heterocycles. The number of hydrogen-bond donors (Lipinski definition) is 1. The topological polar surface area (TPSA) is 30.5 Å². The zero-order valence-corrected chi connectivity index (χ0v) is 9.53. The first-order valence-corrected chi connectivity index (χ1v) is 5.98. The van der Waals surface area contributed by atoms with Crippen LogP contribution < -0.4 is 14.8 Å². The Labute approximate surface area is 95.8 Å². The van der Waals surface area contributed by atoms with E-state index in [1.54, 1.807) is 0 Å². The van der Waals surface area contributed by atoms with Gasteiger partial charge in [0.2, 0.25) is 0 Å². The maximum Gasteiger partial charge on any atom is 0.123 e. The maximum atomic E-state index is 5.92. The molecule has 0 saturated carbocycles. The molecule has 0 amide bonds. The molecule has 2 aliphatic heterocycles. The van der Waals surface area contributed by atoms with Gasteiger partial charge in [0.25, 0.3) is 0 Å². The summed E-state index contributed by atoms with van der Waals surface area (Å²) in [6.45, 7) is 4.13. The normalized spacial score (nSPS) is 27.6. The van der Waals surface area contributed by atoms with E-state index in [1.807, 2.05) is 12.1 Å². The van der Waals surface area contributed by atoms with Crippen LogP contribution in [-0.4, -0.2) is 25.3 Å². The lowest BCUT2D eigenvalue weighted by molar-refractivity contribution is 0.222. The molecule has 3 nitrogen and oxygen atoms in total. The summed E-state index contributed by atoms with van der Waals surface area (Å²) in [5.74, 6) is 1.99. The number of ether oxygens (including phenoxy) is 2. The van der Waals surface area contributed by atoms with E-state index in [2.05, 4.69) is 18.3 Å². The summed E-state index contributed by atoms with van der Waals surface area (Å²) in [6.07, 6.45) is 2.73. The van der Waals surface area contributed by atoms with Gasteiger partial charge in [-0.05, 0) is 38.1 Å². The molecule has 2 atom stereocenters. The molecule has 3 heteroatoms. The Kier molecular flexibility index (Phi) is 2.48. The van der Waals surface area contributed by atoms with Gasteiger partial charge in [-0.2, -0.15) is 0 Å². The first kappa shape index (κ1) is 9.97. The highest BCUT2D eigenvalue weighted by molar-refractivity contribution is 5.43. The smallest absolute Gasteiger partial charge is 0.123 e. The largest absolute Gasteiger partial charge is 0.490 e. The second-order valence-electron chi connectivity index (χ2n) is 4.63. The minimum atomic E-state index is 0.304. The van der Waals surface area contributed by atoms with Gasteiger partial charge in [-0.15, -0.1) is 0 Å². The molecule has 0 aliphatic carbocycles. The lowest BCUT2D eigenvalue weighted by Crippen LogP contribution is -2.19. The molecule has 2 unspecified atom stereocenters. The van der Waals surface area contributed by atoms with Crippen molar-refractivity contribution in [3.05, 3.63) is 23.8 Å². The minimum Gasteiger partial charge on any atom is -0.490 e. The monoisotopic (exact) mass is 219 g/mol. The molecule has 0 spiro atoms. The Morgan fingerprint density at radius 1 is 1.44 bits per heavy atom. The second kappa shape index (κ2) is 3.98. The minimum absolute atomic E-state index is 0.304. The molecular weight excluding hydrogens is 202 g/mol. The zero-order chi connectivity index (χ0) is 11.0. The van der Waals surface area contributed by atoms with Crippen LogP contribution in [0.25, 0.3) is 0 Å². The molecule has 1 aromatic carbocycles. The van der Waals surface area contributed by atoms with Crippen LogP contribution in [0.5, 0.6) is 11.5 Å². The molecule has 16 heavy (non-hydrogen) atoms.